The largest absolute Gasteiger partial charge is 0.481 e. The Bertz CT molecular complexity index is 586. The normalized spacial score (nSPS) is 42.8. The maximum atomic E-state index is 11.0. The Morgan fingerprint density at radius 3 is 1.06 bits per heavy atom. The van der Waals surface area contributed by atoms with Gasteiger partial charge < -0.3 is 19.3 Å². The average Bonchev–Trinajstić information content (AvgIpc) is 3.55. The summed E-state index contributed by atoms with van der Waals surface area (Å²) in [6.07, 6.45) is 11.0. The molecule has 6 aliphatic rings. The van der Waals surface area contributed by atoms with Crippen molar-refractivity contribution in [1.29, 1.82) is 0 Å². The number of ketones is 2. The van der Waals surface area contributed by atoms with E-state index in [1.807, 2.05) is 0 Å². The zero-order valence-electron chi connectivity index (χ0n) is 18.0. The molecule has 0 aromatic rings. The highest BCUT2D eigenvalue weighted by Crippen LogP contribution is 2.40. The van der Waals surface area contributed by atoms with E-state index < -0.39 is 5.97 Å². The van der Waals surface area contributed by atoms with E-state index >= 15 is 0 Å². The first-order valence-corrected chi connectivity index (χ1v) is 11.5. The fourth-order valence-electron chi connectivity index (χ4n) is 6.03. The van der Waals surface area contributed by atoms with Gasteiger partial charge >= 0.3 is 5.97 Å². The predicted octanol–water partition coefficient (Wildman–Crippen LogP) is 3.56. The third kappa shape index (κ3) is 5.37. The molecule has 0 saturated carbocycles. The summed E-state index contributed by atoms with van der Waals surface area (Å²) < 4.78 is 16.4. The standard InChI is InChI=1S/2C8H12O2.C7H10O3.CH4/c2*1-5(9)7-4-6-2-3-8(7)10-6;8-7(9)5-3-4-1-2-6(5)10-4;/h2*6-8H,2-4H2,1H3;4-6H,1-3H2,(H,8,9);1H4/t2*6-,7+,8+;4-,5-,6+;/m100./s1. The molecule has 6 saturated heterocycles. The molecule has 7 heteroatoms. The highest BCUT2D eigenvalue weighted by Gasteiger charge is 2.45. The Morgan fingerprint density at radius 2 is 0.935 bits per heavy atom. The number of carbonyl (C=O) groups is 3. The van der Waals surface area contributed by atoms with Crippen molar-refractivity contribution in [1.82, 2.24) is 0 Å². The number of fused-ring (bicyclic) bond motifs is 6. The number of carboxylic acid groups (broad SMARTS) is 1. The van der Waals surface area contributed by atoms with E-state index in [4.69, 9.17) is 19.3 Å². The fraction of sp³-hybridized carbons (Fsp3) is 0.875. The number of hydrogen-bond donors (Lipinski definition) is 1. The number of carbonyl (C=O) groups excluding carboxylic acids is 2. The molecule has 31 heavy (non-hydrogen) atoms. The van der Waals surface area contributed by atoms with Gasteiger partial charge in [0.25, 0.3) is 0 Å². The van der Waals surface area contributed by atoms with Gasteiger partial charge in [0.1, 0.15) is 11.6 Å². The first-order valence-electron chi connectivity index (χ1n) is 11.5. The Balaban J connectivity index is 0.000000130. The molecule has 6 rings (SSSR count). The number of rotatable bonds is 3. The van der Waals surface area contributed by atoms with Gasteiger partial charge in [-0.05, 0) is 71.6 Å². The van der Waals surface area contributed by atoms with Crippen LogP contribution >= 0.6 is 0 Å². The molecular formula is C24H38O7. The molecule has 9 atom stereocenters. The van der Waals surface area contributed by atoms with Crippen LogP contribution in [0, 0.1) is 17.8 Å². The molecule has 0 unspecified atom stereocenters. The number of hydrogen-bond acceptors (Lipinski definition) is 6. The van der Waals surface area contributed by atoms with Crippen molar-refractivity contribution in [2.75, 3.05) is 0 Å². The van der Waals surface area contributed by atoms with E-state index in [0.717, 1.165) is 44.9 Å². The van der Waals surface area contributed by atoms with Gasteiger partial charge in [0, 0.05) is 11.8 Å². The molecule has 6 bridgehead atoms. The Labute approximate surface area is 185 Å². The maximum Gasteiger partial charge on any atom is 0.309 e. The molecule has 6 fully saturated rings. The van der Waals surface area contributed by atoms with Gasteiger partial charge in [-0.3, -0.25) is 14.4 Å². The number of Topliss-reactive ketones (excluding diaryl/α,β-unsaturated/α-hetero) is 2. The molecule has 7 nitrogen and oxygen atoms in total. The quantitative estimate of drug-likeness (QED) is 0.719. The lowest BCUT2D eigenvalue weighted by Crippen LogP contribution is -2.24. The van der Waals surface area contributed by atoms with Gasteiger partial charge in [-0.2, -0.15) is 0 Å². The minimum Gasteiger partial charge on any atom is -0.481 e. The predicted molar refractivity (Wildman–Crippen MR) is 114 cm³/mol. The molecule has 0 aromatic carbocycles. The van der Waals surface area contributed by atoms with Gasteiger partial charge in [0.2, 0.25) is 0 Å². The van der Waals surface area contributed by atoms with Gasteiger partial charge in [-0.15, -0.1) is 0 Å². The van der Waals surface area contributed by atoms with Crippen LogP contribution in [0.4, 0.5) is 0 Å². The third-order valence-corrected chi connectivity index (χ3v) is 7.68. The van der Waals surface area contributed by atoms with Crippen molar-refractivity contribution >= 4 is 17.5 Å². The molecule has 6 aliphatic heterocycles. The topological polar surface area (TPSA) is 99.1 Å². The van der Waals surface area contributed by atoms with Crippen LogP contribution < -0.4 is 0 Å². The summed E-state index contributed by atoms with van der Waals surface area (Å²) in [4.78, 5) is 32.4. The summed E-state index contributed by atoms with van der Waals surface area (Å²) >= 11 is 0. The van der Waals surface area contributed by atoms with E-state index in [-0.39, 0.29) is 49.6 Å². The molecule has 6 heterocycles. The Hall–Kier alpha value is -1.31. The second-order valence-electron chi connectivity index (χ2n) is 9.71. The third-order valence-electron chi connectivity index (χ3n) is 7.68. The summed E-state index contributed by atoms with van der Waals surface area (Å²) in [6.45, 7) is 3.35. The van der Waals surface area contributed by atoms with Crippen LogP contribution in [0.1, 0.15) is 79.1 Å². The highest BCUT2D eigenvalue weighted by molar-refractivity contribution is 5.79. The summed E-state index contributed by atoms with van der Waals surface area (Å²) in [5.41, 5.74) is 0. The SMILES string of the molecule is C.CC(=O)[C@@H]1C[C@H]2CC[C@@H]1O2.CC(=O)[C@H]1C[C@@H]2CC[C@H]1O2.O=C(O)[C@H]1C[C@@H]2CC[C@H]1O2. The summed E-state index contributed by atoms with van der Waals surface area (Å²) in [5, 5.41) is 8.66. The van der Waals surface area contributed by atoms with Crippen molar-refractivity contribution in [3.05, 3.63) is 0 Å². The number of ether oxygens (including phenoxy) is 3. The molecule has 0 spiro atoms. The van der Waals surface area contributed by atoms with E-state index in [1.165, 1.54) is 12.8 Å². The van der Waals surface area contributed by atoms with E-state index in [0.29, 0.717) is 23.8 Å². The zero-order chi connectivity index (χ0) is 21.4. The van der Waals surface area contributed by atoms with E-state index in [2.05, 4.69) is 0 Å². The smallest absolute Gasteiger partial charge is 0.309 e. The van der Waals surface area contributed by atoms with Crippen LogP contribution in [0.3, 0.4) is 0 Å². The second-order valence-corrected chi connectivity index (χ2v) is 9.71. The van der Waals surface area contributed by atoms with Crippen LogP contribution in [0.2, 0.25) is 0 Å². The molecule has 0 amide bonds. The molecule has 0 aromatic heterocycles. The lowest BCUT2D eigenvalue weighted by atomic mass is 9.87. The first-order chi connectivity index (χ1) is 14.3. The second kappa shape index (κ2) is 10.1. The number of aliphatic carboxylic acids is 1. The van der Waals surface area contributed by atoms with Gasteiger partial charge in [0.15, 0.2) is 0 Å². The lowest BCUT2D eigenvalue weighted by Gasteiger charge is -2.14. The average molecular weight is 439 g/mol. The molecule has 0 aliphatic carbocycles. The number of carboxylic acids is 1. The first kappa shape index (κ1) is 24.3. The van der Waals surface area contributed by atoms with Crippen LogP contribution in [-0.4, -0.2) is 59.3 Å². The molecule has 176 valence electrons. The highest BCUT2D eigenvalue weighted by atomic mass is 16.5. The summed E-state index contributed by atoms with van der Waals surface area (Å²) in [5.74, 6) is 0.197. The summed E-state index contributed by atoms with van der Waals surface area (Å²) in [7, 11) is 0. The minimum atomic E-state index is -0.688. The summed E-state index contributed by atoms with van der Waals surface area (Å²) in [6, 6.07) is 0. The molecule has 0 radical (unpaired) electrons. The molecular weight excluding hydrogens is 400 g/mol. The van der Waals surface area contributed by atoms with Gasteiger partial charge in [0.05, 0.1) is 42.5 Å². The minimum absolute atomic E-state index is 0. The van der Waals surface area contributed by atoms with Crippen LogP contribution in [0.15, 0.2) is 0 Å². The van der Waals surface area contributed by atoms with Gasteiger partial charge in [-0.25, -0.2) is 0 Å². The van der Waals surface area contributed by atoms with E-state index in [1.54, 1.807) is 13.8 Å². The van der Waals surface area contributed by atoms with Crippen LogP contribution in [-0.2, 0) is 28.6 Å². The lowest BCUT2D eigenvalue weighted by molar-refractivity contribution is -0.143. The Morgan fingerprint density at radius 1 is 0.613 bits per heavy atom. The van der Waals surface area contributed by atoms with Crippen molar-refractivity contribution < 1.29 is 33.7 Å². The monoisotopic (exact) mass is 438 g/mol. The van der Waals surface area contributed by atoms with Crippen molar-refractivity contribution in [2.45, 2.75) is 116 Å². The van der Waals surface area contributed by atoms with Crippen LogP contribution in [0.25, 0.3) is 0 Å². The van der Waals surface area contributed by atoms with Crippen molar-refractivity contribution in [3.8, 4) is 0 Å². The van der Waals surface area contributed by atoms with Crippen molar-refractivity contribution in [2.24, 2.45) is 17.8 Å². The van der Waals surface area contributed by atoms with E-state index in [9.17, 15) is 14.4 Å². The fourth-order valence-corrected chi connectivity index (χ4v) is 6.03. The zero-order valence-corrected chi connectivity index (χ0v) is 18.0. The Kier molecular flexibility index (Phi) is 7.92. The maximum absolute atomic E-state index is 11.0. The van der Waals surface area contributed by atoms with Crippen molar-refractivity contribution in [3.63, 3.8) is 0 Å². The molecule has 1 N–H and O–H groups in total. The van der Waals surface area contributed by atoms with Gasteiger partial charge in [-0.1, -0.05) is 7.43 Å². The van der Waals surface area contributed by atoms with Crippen LogP contribution in [0.5, 0.6) is 0 Å².